The van der Waals surface area contributed by atoms with E-state index in [1.807, 2.05) is 0 Å². The van der Waals surface area contributed by atoms with Crippen LogP contribution in [0.1, 0.15) is 51.9 Å². The number of rotatable bonds is 2. The van der Waals surface area contributed by atoms with Crippen LogP contribution in [-0.4, -0.2) is 6.04 Å². The molecule has 2 N–H and O–H groups in total. The van der Waals surface area contributed by atoms with Gasteiger partial charge in [0, 0.05) is 6.04 Å². The van der Waals surface area contributed by atoms with E-state index in [9.17, 15) is 0 Å². The molecule has 0 amide bonds. The molecule has 0 aromatic rings. The normalized spacial score (nSPS) is 52.3. The van der Waals surface area contributed by atoms with Crippen LogP contribution in [0.3, 0.4) is 0 Å². The highest BCUT2D eigenvalue weighted by molar-refractivity contribution is 5.05. The lowest BCUT2D eigenvalue weighted by atomic mass is 9.47. The smallest absolute Gasteiger partial charge is 0.00932 e. The maximum Gasteiger partial charge on any atom is 0.00932 e. The summed E-state index contributed by atoms with van der Waals surface area (Å²) >= 11 is 0. The zero-order chi connectivity index (χ0) is 9.76. The highest BCUT2D eigenvalue weighted by atomic mass is 14.7. The summed E-state index contributed by atoms with van der Waals surface area (Å²) in [5.74, 6) is 3.16. The molecule has 0 spiro atoms. The van der Waals surface area contributed by atoms with E-state index in [1.165, 1.54) is 44.9 Å². The average Bonchev–Trinajstić information content (AvgIpc) is 2.14. The largest absolute Gasteiger partial charge is 0.327 e. The molecule has 0 unspecified atom stereocenters. The quantitative estimate of drug-likeness (QED) is 0.717. The Morgan fingerprint density at radius 2 is 1.50 bits per heavy atom. The van der Waals surface area contributed by atoms with Gasteiger partial charge in [-0.25, -0.2) is 0 Å². The summed E-state index contributed by atoms with van der Waals surface area (Å²) in [5.41, 5.74) is 6.96. The molecule has 1 atom stereocenters. The first kappa shape index (κ1) is 9.21. The molecule has 0 aliphatic heterocycles. The Morgan fingerprint density at radius 1 is 1.07 bits per heavy atom. The second-order valence-electron chi connectivity index (χ2n) is 6.29. The molecule has 0 heterocycles. The summed E-state index contributed by atoms with van der Waals surface area (Å²) in [4.78, 5) is 0. The van der Waals surface area contributed by atoms with Crippen LogP contribution in [-0.2, 0) is 0 Å². The van der Waals surface area contributed by atoms with Crippen molar-refractivity contribution >= 4 is 0 Å². The van der Waals surface area contributed by atoms with Gasteiger partial charge in [-0.3, -0.25) is 0 Å². The van der Waals surface area contributed by atoms with E-state index in [4.69, 9.17) is 5.73 Å². The molecule has 4 fully saturated rings. The second-order valence-corrected chi connectivity index (χ2v) is 6.29. The van der Waals surface area contributed by atoms with Crippen molar-refractivity contribution in [2.45, 2.75) is 57.9 Å². The summed E-state index contributed by atoms with van der Waals surface area (Å²) in [5, 5.41) is 0. The predicted octanol–water partition coefficient (Wildman–Crippen LogP) is 2.94. The van der Waals surface area contributed by atoms with Crippen LogP contribution in [0.5, 0.6) is 0 Å². The first-order valence-corrected chi connectivity index (χ1v) is 6.47. The number of nitrogens with two attached hydrogens (primary N) is 1. The minimum atomic E-state index is 0.496. The summed E-state index contributed by atoms with van der Waals surface area (Å²) in [6.45, 7) is 2.27. The van der Waals surface area contributed by atoms with Crippen LogP contribution in [0.25, 0.3) is 0 Å². The van der Waals surface area contributed by atoms with Crippen molar-refractivity contribution in [1.82, 2.24) is 0 Å². The van der Waals surface area contributed by atoms with E-state index in [0.717, 1.165) is 17.8 Å². The molecule has 4 aliphatic rings. The third-order valence-corrected chi connectivity index (χ3v) is 5.31. The van der Waals surface area contributed by atoms with E-state index in [2.05, 4.69) is 6.92 Å². The van der Waals surface area contributed by atoms with Gasteiger partial charge in [-0.05, 0) is 68.1 Å². The van der Waals surface area contributed by atoms with Gasteiger partial charge in [-0.2, -0.15) is 0 Å². The standard InChI is InChI=1S/C13H23N/c1-2-12(14)13-6-9-3-10(7-13)5-11(4-9)8-13/h9-12H,2-8,14H2,1H3/t9?,10?,11?,12-,13?/m1/s1. The molecule has 14 heavy (non-hydrogen) atoms. The Balaban J connectivity index is 1.87. The van der Waals surface area contributed by atoms with Gasteiger partial charge in [0.2, 0.25) is 0 Å². The predicted molar refractivity (Wildman–Crippen MR) is 58.9 cm³/mol. The number of hydrogen-bond acceptors (Lipinski definition) is 1. The van der Waals surface area contributed by atoms with E-state index < -0.39 is 0 Å². The van der Waals surface area contributed by atoms with Gasteiger partial charge >= 0.3 is 0 Å². The summed E-state index contributed by atoms with van der Waals surface area (Å²) in [6, 6.07) is 0.496. The van der Waals surface area contributed by atoms with Gasteiger partial charge in [0.1, 0.15) is 0 Å². The molecule has 4 bridgehead atoms. The Labute approximate surface area is 87.4 Å². The van der Waals surface area contributed by atoms with Crippen molar-refractivity contribution in [2.24, 2.45) is 28.9 Å². The lowest BCUT2D eigenvalue weighted by Crippen LogP contribution is -2.54. The first-order chi connectivity index (χ1) is 6.72. The van der Waals surface area contributed by atoms with Crippen LogP contribution >= 0.6 is 0 Å². The Morgan fingerprint density at radius 3 is 1.86 bits per heavy atom. The molecule has 4 aliphatic carbocycles. The molecule has 4 rings (SSSR count). The summed E-state index contributed by atoms with van der Waals surface area (Å²) in [7, 11) is 0. The molecule has 1 heteroatoms. The van der Waals surface area contributed by atoms with Crippen LogP contribution < -0.4 is 5.73 Å². The SMILES string of the molecule is CC[C@@H](N)C12CC3CC(CC(C3)C1)C2. The van der Waals surface area contributed by atoms with E-state index in [-0.39, 0.29) is 0 Å². The third kappa shape index (κ3) is 1.18. The number of hydrogen-bond donors (Lipinski definition) is 1. The fourth-order valence-electron chi connectivity index (χ4n) is 5.06. The molecule has 0 saturated heterocycles. The molecule has 0 aromatic heterocycles. The Kier molecular flexibility index (Phi) is 1.96. The van der Waals surface area contributed by atoms with E-state index in [0.29, 0.717) is 11.5 Å². The van der Waals surface area contributed by atoms with Gasteiger partial charge in [-0.15, -0.1) is 0 Å². The van der Waals surface area contributed by atoms with Crippen molar-refractivity contribution < 1.29 is 0 Å². The van der Waals surface area contributed by atoms with Crippen molar-refractivity contribution in [1.29, 1.82) is 0 Å². The molecule has 0 aromatic carbocycles. The van der Waals surface area contributed by atoms with Crippen LogP contribution in [0.2, 0.25) is 0 Å². The minimum absolute atomic E-state index is 0.496. The first-order valence-electron chi connectivity index (χ1n) is 6.47. The van der Waals surface area contributed by atoms with Crippen LogP contribution in [0, 0.1) is 23.2 Å². The average molecular weight is 193 g/mol. The Bertz CT molecular complexity index is 198. The molecule has 0 radical (unpaired) electrons. The fourth-order valence-corrected chi connectivity index (χ4v) is 5.06. The molecular weight excluding hydrogens is 170 g/mol. The molecule has 1 nitrogen and oxygen atoms in total. The monoisotopic (exact) mass is 193 g/mol. The lowest BCUT2D eigenvalue weighted by Gasteiger charge is -2.59. The van der Waals surface area contributed by atoms with Crippen LogP contribution in [0.4, 0.5) is 0 Å². The zero-order valence-corrected chi connectivity index (χ0v) is 9.34. The van der Waals surface area contributed by atoms with Gasteiger partial charge in [0.05, 0.1) is 0 Å². The zero-order valence-electron chi connectivity index (χ0n) is 9.34. The highest BCUT2D eigenvalue weighted by Gasteiger charge is 2.52. The van der Waals surface area contributed by atoms with Crippen molar-refractivity contribution in [3.8, 4) is 0 Å². The molecular formula is C13H23N. The maximum absolute atomic E-state index is 6.37. The van der Waals surface area contributed by atoms with Crippen molar-refractivity contribution in [3.63, 3.8) is 0 Å². The Hall–Kier alpha value is -0.0400. The second kappa shape index (κ2) is 2.98. The van der Waals surface area contributed by atoms with Gasteiger partial charge < -0.3 is 5.73 Å². The van der Waals surface area contributed by atoms with Crippen molar-refractivity contribution in [2.75, 3.05) is 0 Å². The van der Waals surface area contributed by atoms with Crippen molar-refractivity contribution in [3.05, 3.63) is 0 Å². The summed E-state index contributed by atoms with van der Waals surface area (Å²) in [6.07, 6.45) is 10.2. The van der Waals surface area contributed by atoms with E-state index >= 15 is 0 Å². The lowest BCUT2D eigenvalue weighted by molar-refractivity contribution is -0.0673. The minimum Gasteiger partial charge on any atom is -0.327 e. The third-order valence-electron chi connectivity index (χ3n) is 5.31. The van der Waals surface area contributed by atoms with Crippen LogP contribution in [0.15, 0.2) is 0 Å². The fraction of sp³-hybridized carbons (Fsp3) is 1.00. The van der Waals surface area contributed by atoms with E-state index in [1.54, 1.807) is 0 Å². The van der Waals surface area contributed by atoms with Gasteiger partial charge in [0.25, 0.3) is 0 Å². The maximum atomic E-state index is 6.37. The summed E-state index contributed by atoms with van der Waals surface area (Å²) < 4.78 is 0. The topological polar surface area (TPSA) is 26.0 Å². The van der Waals surface area contributed by atoms with Gasteiger partial charge in [-0.1, -0.05) is 6.92 Å². The van der Waals surface area contributed by atoms with Gasteiger partial charge in [0.15, 0.2) is 0 Å². The highest BCUT2D eigenvalue weighted by Crippen LogP contribution is 2.61. The molecule has 4 saturated carbocycles. The molecule has 80 valence electrons.